The molecule has 1 aromatic carbocycles. The van der Waals surface area contributed by atoms with Crippen LogP contribution in [0.3, 0.4) is 0 Å². The number of anilines is 1. The largest absolute Gasteiger partial charge is 0.465 e. The summed E-state index contributed by atoms with van der Waals surface area (Å²) in [6, 6.07) is 11.4. The van der Waals surface area contributed by atoms with Gasteiger partial charge < -0.3 is 15.4 Å². The summed E-state index contributed by atoms with van der Waals surface area (Å²) in [6.07, 6.45) is 4.56. The quantitative estimate of drug-likeness (QED) is 0.629. The number of carbonyl (C=O) groups excluding carboxylic acids is 1. The molecule has 1 aliphatic rings. The van der Waals surface area contributed by atoms with Crippen LogP contribution < -0.4 is 10.6 Å². The van der Waals surface area contributed by atoms with Crippen molar-refractivity contribution in [3.05, 3.63) is 52.2 Å². The van der Waals surface area contributed by atoms with E-state index in [4.69, 9.17) is 17.0 Å². The second kappa shape index (κ2) is 7.32. The first-order valence-corrected chi connectivity index (χ1v) is 9.23. The van der Waals surface area contributed by atoms with Crippen molar-refractivity contribution in [2.75, 3.05) is 12.4 Å². The first-order chi connectivity index (χ1) is 11.6. The molecule has 1 heterocycles. The van der Waals surface area contributed by atoms with E-state index in [-0.39, 0.29) is 11.5 Å². The fourth-order valence-corrected chi connectivity index (χ4v) is 4.44. The highest BCUT2D eigenvalue weighted by Crippen LogP contribution is 2.40. The van der Waals surface area contributed by atoms with E-state index in [1.54, 1.807) is 23.5 Å². The Bertz CT molecular complexity index is 722. The predicted molar refractivity (Wildman–Crippen MR) is 102 cm³/mol. The van der Waals surface area contributed by atoms with E-state index in [9.17, 15) is 4.79 Å². The summed E-state index contributed by atoms with van der Waals surface area (Å²) in [5.74, 6) is -0.358. The van der Waals surface area contributed by atoms with Crippen molar-refractivity contribution >= 4 is 40.3 Å². The second-order valence-corrected chi connectivity index (χ2v) is 7.27. The number of thiophene rings is 1. The number of hydrogen-bond acceptors (Lipinski definition) is 4. The third-order valence-corrected chi connectivity index (χ3v) is 5.62. The van der Waals surface area contributed by atoms with Crippen LogP contribution in [0.4, 0.5) is 5.69 Å². The predicted octanol–water partition coefficient (Wildman–Crippen LogP) is 4.29. The molecule has 1 fully saturated rings. The van der Waals surface area contributed by atoms with Crippen LogP contribution >= 0.6 is 23.6 Å². The lowest BCUT2D eigenvalue weighted by Gasteiger charge is -2.31. The standard InChI is InChI=1S/C18H20N2O2S2/c1-22-16(21)13-6-4-7-14(12-13)19-17(23)20-18(9-2-3-10-18)15-8-5-11-24-15/h4-8,11-12H,2-3,9-10H2,1H3,(H2,19,20,23). The Kier molecular flexibility index (Phi) is 5.16. The summed E-state index contributed by atoms with van der Waals surface area (Å²) in [4.78, 5) is 13.0. The van der Waals surface area contributed by atoms with Gasteiger partial charge in [0.2, 0.25) is 0 Å². The van der Waals surface area contributed by atoms with E-state index in [0.717, 1.165) is 18.5 Å². The summed E-state index contributed by atoms with van der Waals surface area (Å²) in [6.45, 7) is 0. The van der Waals surface area contributed by atoms with Crippen LogP contribution in [0, 0.1) is 0 Å². The Morgan fingerprint density at radius 1 is 1.25 bits per heavy atom. The minimum Gasteiger partial charge on any atom is -0.465 e. The molecule has 3 rings (SSSR count). The van der Waals surface area contributed by atoms with E-state index < -0.39 is 0 Å². The smallest absolute Gasteiger partial charge is 0.337 e. The van der Waals surface area contributed by atoms with Gasteiger partial charge in [-0.05, 0) is 54.7 Å². The van der Waals surface area contributed by atoms with E-state index in [1.165, 1.54) is 24.8 Å². The van der Waals surface area contributed by atoms with Crippen LogP contribution in [0.25, 0.3) is 0 Å². The van der Waals surface area contributed by atoms with Crippen molar-refractivity contribution in [1.82, 2.24) is 5.32 Å². The highest BCUT2D eigenvalue weighted by atomic mass is 32.1. The Labute approximate surface area is 151 Å². The van der Waals surface area contributed by atoms with Crippen molar-refractivity contribution in [1.29, 1.82) is 0 Å². The molecule has 0 radical (unpaired) electrons. The topological polar surface area (TPSA) is 50.4 Å². The molecule has 0 amide bonds. The number of nitrogens with one attached hydrogen (secondary N) is 2. The highest BCUT2D eigenvalue weighted by Gasteiger charge is 2.37. The number of esters is 1. The Balaban J connectivity index is 1.72. The molecule has 1 saturated carbocycles. The summed E-state index contributed by atoms with van der Waals surface area (Å²) < 4.78 is 4.76. The van der Waals surface area contributed by atoms with Gasteiger partial charge in [0.05, 0.1) is 18.2 Å². The monoisotopic (exact) mass is 360 g/mol. The fraction of sp³-hybridized carbons (Fsp3) is 0.333. The number of hydrogen-bond donors (Lipinski definition) is 2. The maximum Gasteiger partial charge on any atom is 0.337 e. The SMILES string of the molecule is COC(=O)c1cccc(NC(=S)NC2(c3cccs3)CCCC2)c1. The van der Waals surface area contributed by atoms with E-state index in [1.807, 2.05) is 12.1 Å². The van der Waals surface area contributed by atoms with Crippen LogP contribution in [-0.2, 0) is 10.3 Å². The molecule has 0 spiro atoms. The molecule has 0 atom stereocenters. The summed E-state index contributed by atoms with van der Waals surface area (Å²) in [7, 11) is 1.37. The van der Waals surface area contributed by atoms with Crippen LogP contribution in [0.1, 0.15) is 40.9 Å². The van der Waals surface area contributed by atoms with Crippen LogP contribution in [0.15, 0.2) is 41.8 Å². The number of methoxy groups -OCH3 is 1. The molecule has 0 saturated heterocycles. The number of rotatable bonds is 4. The number of benzene rings is 1. The van der Waals surface area contributed by atoms with Gasteiger partial charge in [-0.3, -0.25) is 0 Å². The average Bonchev–Trinajstić information content (AvgIpc) is 3.26. The summed E-state index contributed by atoms with van der Waals surface area (Å²) in [5.41, 5.74) is 1.20. The van der Waals surface area contributed by atoms with Crippen molar-refractivity contribution < 1.29 is 9.53 Å². The number of ether oxygens (including phenoxy) is 1. The van der Waals surface area contributed by atoms with Gasteiger partial charge >= 0.3 is 5.97 Å². The van der Waals surface area contributed by atoms with Crippen molar-refractivity contribution in [3.63, 3.8) is 0 Å². The van der Waals surface area contributed by atoms with Gasteiger partial charge in [0.1, 0.15) is 0 Å². The molecule has 2 aromatic rings. The zero-order chi connectivity index (χ0) is 17.0. The Hall–Kier alpha value is -1.92. The molecule has 4 nitrogen and oxygen atoms in total. The molecule has 6 heteroatoms. The zero-order valence-corrected chi connectivity index (χ0v) is 15.1. The Morgan fingerprint density at radius 2 is 2.04 bits per heavy atom. The van der Waals surface area contributed by atoms with Gasteiger partial charge in [-0.15, -0.1) is 11.3 Å². The van der Waals surface area contributed by atoms with Gasteiger partial charge in [-0.1, -0.05) is 25.0 Å². The number of carbonyl (C=O) groups is 1. The summed E-state index contributed by atoms with van der Waals surface area (Å²) >= 11 is 7.29. The minimum absolute atomic E-state index is 0.0712. The summed E-state index contributed by atoms with van der Waals surface area (Å²) in [5, 5.41) is 9.39. The normalized spacial score (nSPS) is 15.7. The third kappa shape index (κ3) is 3.60. The van der Waals surface area contributed by atoms with E-state index in [2.05, 4.69) is 28.1 Å². The van der Waals surface area contributed by atoms with Gasteiger partial charge in [-0.25, -0.2) is 4.79 Å². The van der Waals surface area contributed by atoms with Crippen molar-refractivity contribution in [2.24, 2.45) is 0 Å². The first kappa shape index (κ1) is 16.9. The second-order valence-electron chi connectivity index (χ2n) is 5.92. The van der Waals surface area contributed by atoms with Crippen LogP contribution in [-0.4, -0.2) is 18.2 Å². The highest BCUT2D eigenvalue weighted by molar-refractivity contribution is 7.80. The van der Waals surface area contributed by atoms with Gasteiger partial charge in [0, 0.05) is 10.6 Å². The lowest BCUT2D eigenvalue weighted by atomic mass is 9.96. The number of thiocarbonyl (C=S) groups is 1. The van der Waals surface area contributed by atoms with E-state index in [0.29, 0.717) is 10.7 Å². The van der Waals surface area contributed by atoms with Gasteiger partial charge in [0.15, 0.2) is 5.11 Å². The van der Waals surface area contributed by atoms with Crippen LogP contribution in [0.2, 0.25) is 0 Å². The van der Waals surface area contributed by atoms with Gasteiger partial charge in [0.25, 0.3) is 0 Å². The van der Waals surface area contributed by atoms with Crippen molar-refractivity contribution in [3.8, 4) is 0 Å². The lowest BCUT2D eigenvalue weighted by molar-refractivity contribution is 0.0601. The Morgan fingerprint density at radius 3 is 2.71 bits per heavy atom. The van der Waals surface area contributed by atoms with Crippen molar-refractivity contribution in [2.45, 2.75) is 31.2 Å². The molecule has 1 aromatic heterocycles. The molecule has 1 aliphatic carbocycles. The zero-order valence-electron chi connectivity index (χ0n) is 13.5. The maximum absolute atomic E-state index is 11.6. The van der Waals surface area contributed by atoms with E-state index >= 15 is 0 Å². The molecular formula is C18H20N2O2S2. The maximum atomic E-state index is 11.6. The minimum atomic E-state index is -0.358. The fourth-order valence-electron chi connectivity index (χ4n) is 3.18. The molecule has 24 heavy (non-hydrogen) atoms. The third-order valence-electron chi connectivity index (χ3n) is 4.34. The van der Waals surface area contributed by atoms with Gasteiger partial charge in [-0.2, -0.15) is 0 Å². The molecule has 0 bridgehead atoms. The average molecular weight is 361 g/mol. The first-order valence-electron chi connectivity index (χ1n) is 7.94. The molecule has 0 aliphatic heterocycles. The molecule has 126 valence electrons. The molecule has 2 N–H and O–H groups in total. The van der Waals surface area contributed by atoms with Crippen LogP contribution in [0.5, 0.6) is 0 Å². The molecule has 0 unspecified atom stereocenters. The lowest BCUT2D eigenvalue weighted by Crippen LogP contribution is -2.45. The molecular weight excluding hydrogens is 340 g/mol.